The van der Waals surface area contributed by atoms with Crippen molar-refractivity contribution in [3.8, 4) is 0 Å². The van der Waals surface area contributed by atoms with Crippen LogP contribution >= 0.6 is 0 Å². The van der Waals surface area contributed by atoms with Gasteiger partial charge in [0.15, 0.2) is 0 Å². The Balaban J connectivity index is 2.19. The molecule has 0 heterocycles. The molecule has 31 valence electrons. The van der Waals surface area contributed by atoms with E-state index in [0.717, 1.165) is 13.0 Å². The van der Waals surface area contributed by atoms with Gasteiger partial charge in [-0.2, -0.15) is 0 Å². The molecule has 0 spiro atoms. The summed E-state index contributed by atoms with van der Waals surface area (Å²) in [6, 6.07) is 0. The van der Waals surface area contributed by atoms with Gasteiger partial charge < -0.3 is 0 Å². The van der Waals surface area contributed by atoms with Gasteiger partial charge in [-0.1, -0.05) is 0 Å². The van der Waals surface area contributed by atoms with Crippen molar-refractivity contribution in [1.29, 1.82) is 0 Å². The zero-order valence-electron chi connectivity index (χ0n) is 3.23. The Morgan fingerprint density at radius 3 is 2.40 bits per heavy atom. The van der Waals surface area contributed by atoms with Crippen LogP contribution in [0.2, 0.25) is 0 Å². The molecule has 0 aliphatic carbocycles. The quantitative estimate of drug-likeness (QED) is 0.656. The van der Waals surface area contributed by atoms with Gasteiger partial charge in [0, 0.05) is 0 Å². The molecule has 0 aliphatic heterocycles. The van der Waals surface area contributed by atoms with Crippen molar-refractivity contribution < 1.29 is 40.0 Å². The van der Waals surface area contributed by atoms with Crippen molar-refractivity contribution in [2.45, 2.75) is 13.3 Å². The second kappa shape index (κ2) is 5.30. The van der Waals surface area contributed by atoms with Crippen molar-refractivity contribution in [3.63, 3.8) is 0 Å². The molecule has 0 fully saturated rings. The van der Waals surface area contributed by atoms with Crippen LogP contribution in [-0.4, -0.2) is 6.61 Å². The molecule has 2 heteroatoms. The zero-order valence-corrected chi connectivity index (χ0v) is 5.85. The van der Waals surface area contributed by atoms with Crippen LogP contribution in [0.15, 0.2) is 0 Å². The van der Waals surface area contributed by atoms with Crippen LogP contribution in [0, 0.1) is 38.9 Å². The fourth-order valence-corrected chi connectivity index (χ4v) is 0.618. The zero-order chi connectivity index (χ0) is 4.12. The molecule has 0 bridgehead atoms. The summed E-state index contributed by atoms with van der Waals surface area (Å²) in [5.41, 5.74) is 0. The summed E-state index contributed by atoms with van der Waals surface area (Å²) in [5, 5.41) is 0. The van der Waals surface area contributed by atoms with Crippen LogP contribution in [0.3, 0.4) is 0 Å². The fourth-order valence-electron chi connectivity index (χ4n) is 0.0833. The molecular weight excluding hydrogens is 202 g/mol. The summed E-state index contributed by atoms with van der Waals surface area (Å²) in [7, 11) is 0. The summed E-state index contributed by atoms with van der Waals surface area (Å²) in [4.78, 5) is 0. The van der Waals surface area contributed by atoms with Crippen molar-refractivity contribution in [2.24, 2.45) is 0 Å². The van der Waals surface area contributed by atoms with Crippen LogP contribution < -0.4 is 0 Å². The number of hydrogen-bond donors (Lipinski definition) is 0. The molecule has 0 radical (unpaired) electrons. The van der Waals surface area contributed by atoms with Gasteiger partial charge in [-0.25, -0.2) is 0 Å². The van der Waals surface area contributed by atoms with E-state index in [1.807, 2.05) is 0 Å². The normalized spacial score (nSPS) is 8.20. The summed E-state index contributed by atoms with van der Waals surface area (Å²) in [6.45, 7) is 3.03. The number of hydrogen-bond acceptors (Lipinski definition) is 1. The van der Waals surface area contributed by atoms with Gasteiger partial charge in [0.25, 0.3) is 0 Å². The van der Waals surface area contributed by atoms with Gasteiger partial charge in [-0.05, 0) is 0 Å². The van der Waals surface area contributed by atoms with Crippen LogP contribution in [0.5, 0.6) is 0 Å². The Kier molecular flexibility index (Phi) is 6.67. The first-order valence-corrected chi connectivity index (χ1v) is 2.73. The standard InChI is InChI=1S/C3H7O.Sm/c1-2-3-4;/h2-3H2,1H3;/q-1;+1. The third-order valence-electron chi connectivity index (χ3n) is 0.287. The molecule has 0 N–H and O–H groups in total. The van der Waals surface area contributed by atoms with Gasteiger partial charge in [-0.3, -0.25) is 0 Å². The predicted octanol–water partition coefficient (Wildman–Crippen LogP) is 0.877. The molecule has 5 heavy (non-hydrogen) atoms. The maximum atomic E-state index is 4.77. The Labute approximate surface area is 59.4 Å². The second-order valence-electron chi connectivity index (χ2n) is 0.822. The monoisotopic (exact) mass is 211 g/mol. The van der Waals surface area contributed by atoms with E-state index in [-0.39, 0.29) is 0 Å². The SMILES string of the molecule is CCC[O][Sm]. The van der Waals surface area contributed by atoms with Gasteiger partial charge in [0.2, 0.25) is 0 Å². The molecule has 0 aromatic rings. The second-order valence-corrected chi connectivity index (χ2v) is 1.58. The average molecular weight is 209 g/mol. The summed E-state index contributed by atoms with van der Waals surface area (Å²) in [6.07, 6.45) is 1.14. The van der Waals surface area contributed by atoms with Crippen LogP contribution in [-0.2, 0) is 1.12 Å². The molecule has 0 amide bonds. The van der Waals surface area contributed by atoms with Crippen LogP contribution in [0.4, 0.5) is 0 Å². The minimum absolute atomic E-state index is 0.926. The first-order chi connectivity index (χ1) is 2.41. The van der Waals surface area contributed by atoms with E-state index in [0.29, 0.717) is 0 Å². The van der Waals surface area contributed by atoms with Gasteiger partial charge in [0.05, 0.1) is 0 Å². The first kappa shape index (κ1) is 6.30. The molecule has 0 saturated heterocycles. The maximum absolute atomic E-state index is 4.77. The molecule has 0 aromatic carbocycles. The molecular formula is C3H7OSm. The van der Waals surface area contributed by atoms with E-state index in [9.17, 15) is 0 Å². The molecule has 0 saturated carbocycles. The van der Waals surface area contributed by atoms with E-state index < -0.39 is 0 Å². The van der Waals surface area contributed by atoms with Crippen molar-refractivity contribution >= 4 is 0 Å². The third-order valence-corrected chi connectivity index (χ3v) is 0.822. The molecule has 0 aliphatic rings. The van der Waals surface area contributed by atoms with Gasteiger partial charge >= 0.3 is 60.0 Å². The van der Waals surface area contributed by atoms with E-state index >= 15 is 0 Å². The molecule has 1 nitrogen and oxygen atoms in total. The number of rotatable bonds is 2. The minimum atomic E-state index is 0.926. The summed E-state index contributed by atoms with van der Waals surface area (Å²) < 4.78 is 4.77. The van der Waals surface area contributed by atoms with Gasteiger partial charge in [-0.15, -0.1) is 0 Å². The Morgan fingerprint density at radius 1 is 1.80 bits per heavy atom. The molecule has 0 atom stereocenters. The van der Waals surface area contributed by atoms with Crippen molar-refractivity contribution in [1.82, 2.24) is 0 Å². The molecule has 0 aromatic heterocycles. The third kappa shape index (κ3) is 5.30. The topological polar surface area (TPSA) is 9.23 Å². The first-order valence-electron chi connectivity index (χ1n) is 1.66. The molecule has 0 rings (SSSR count). The van der Waals surface area contributed by atoms with E-state index in [1.165, 1.54) is 38.9 Å². The summed E-state index contributed by atoms with van der Waals surface area (Å²) >= 11 is 1.22. The fraction of sp³-hybridized carbons (Fsp3) is 1.00. The van der Waals surface area contributed by atoms with E-state index in [4.69, 9.17) is 1.12 Å². The average Bonchev–Trinajstić information content (AvgIpc) is 1.41. The Bertz CT molecular complexity index is 14.4. The van der Waals surface area contributed by atoms with Gasteiger partial charge in [0.1, 0.15) is 0 Å². The Hall–Kier alpha value is 1.30. The Morgan fingerprint density at radius 2 is 2.40 bits per heavy atom. The van der Waals surface area contributed by atoms with Crippen molar-refractivity contribution in [3.05, 3.63) is 0 Å². The van der Waals surface area contributed by atoms with E-state index in [1.54, 1.807) is 0 Å². The summed E-state index contributed by atoms with van der Waals surface area (Å²) in [5.74, 6) is 0. The van der Waals surface area contributed by atoms with Crippen LogP contribution in [0.25, 0.3) is 0 Å². The predicted molar refractivity (Wildman–Crippen MR) is 16.2 cm³/mol. The van der Waals surface area contributed by atoms with Crippen LogP contribution in [0.1, 0.15) is 13.3 Å². The van der Waals surface area contributed by atoms with E-state index in [2.05, 4.69) is 6.92 Å². The molecule has 0 unspecified atom stereocenters. The van der Waals surface area contributed by atoms with Crippen molar-refractivity contribution in [2.75, 3.05) is 6.61 Å².